The summed E-state index contributed by atoms with van der Waals surface area (Å²) in [6.45, 7) is 0.945. The van der Waals surface area contributed by atoms with Gasteiger partial charge in [0.25, 0.3) is 15.7 Å². The van der Waals surface area contributed by atoms with E-state index in [0.29, 0.717) is 10.6 Å². The fraction of sp³-hybridized carbons (Fsp3) is 0.133. The Labute approximate surface area is 154 Å². The molecule has 0 spiro atoms. The molecule has 7 nitrogen and oxygen atoms in total. The summed E-state index contributed by atoms with van der Waals surface area (Å²) in [6.07, 6.45) is 0. The van der Waals surface area contributed by atoms with E-state index in [-0.39, 0.29) is 16.3 Å². The van der Waals surface area contributed by atoms with E-state index >= 15 is 0 Å². The highest BCUT2D eigenvalue weighted by atomic mass is 35.5. The number of carbonyl (C=O) groups excluding carboxylic acids is 1. The van der Waals surface area contributed by atoms with Gasteiger partial charge < -0.3 is 0 Å². The number of sulfonamides is 1. The third-order valence-corrected chi connectivity index (χ3v) is 5.68. The van der Waals surface area contributed by atoms with E-state index in [1.165, 1.54) is 30.3 Å². The molecule has 25 heavy (non-hydrogen) atoms. The fourth-order valence-electron chi connectivity index (χ4n) is 2.16. The number of hydrogen-bond acceptors (Lipinski definition) is 5. The van der Waals surface area contributed by atoms with Crippen LogP contribution in [0.2, 0.25) is 5.02 Å². The molecule has 0 saturated heterocycles. The Morgan fingerprint density at radius 3 is 2.48 bits per heavy atom. The molecule has 132 valence electrons. The Hall–Kier alpha value is -2.16. The lowest BCUT2D eigenvalue weighted by Gasteiger charge is -2.24. The summed E-state index contributed by atoms with van der Waals surface area (Å²) in [5, 5.41) is 10.3. The van der Waals surface area contributed by atoms with Crippen molar-refractivity contribution in [2.24, 2.45) is 0 Å². The van der Waals surface area contributed by atoms with Crippen LogP contribution in [0.3, 0.4) is 0 Å². The maximum absolute atomic E-state index is 13.0. The molecule has 0 aliphatic carbocycles. The van der Waals surface area contributed by atoms with Gasteiger partial charge in [0, 0.05) is 17.2 Å². The highest BCUT2D eigenvalue weighted by molar-refractivity contribution is 7.92. The van der Waals surface area contributed by atoms with Crippen molar-refractivity contribution in [2.45, 2.75) is 11.8 Å². The van der Waals surface area contributed by atoms with Crippen molar-refractivity contribution in [3.63, 3.8) is 0 Å². The number of rotatable bonds is 6. The molecule has 0 atom stereocenters. The van der Waals surface area contributed by atoms with Crippen LogP contribution in [0.1, 0.15) is 5.56 Å². The predicted octanol–water partition coefficient (Wildman–Crippen LogP) is 3.52. The van der Waals surface area contributed by atoms with Gasteiger partial charge in [-0.25, -0.2) is 8.42 Å². The molecule has 0 aliphatic heterocycles. The summed E-state index contributed by atoms with van der Waals surface area (Å²) < 4.78 is 26.7. The van der Waals surface area contributed by atoms with Gasteiger partial charge >= 0.3 is 0 Å². The summed E-state index contributed by atoms with van der Waals surface area (Å²) in [4.78, 5) is 21.3. The second-order valence-electron chi connectivity index (χ2n) is 5.01. The molecule has 0 fully saturated rings. The van der Waals surface area contributed by atoms with Gasteiger partial charge in [0.05, 0.1) is 15.5 Å². The maximum atomic E-state index is 13.0. The van der Waals surface area contributed by atoms with Gasteiger partial charge in [-0.05, 0) is 42.3 Å². The van der Waals surface area contributed by atoms with Crippen molar-refractivity contribution in [1.82, 2.24) is 0 Å². The molecule has 2 aromatic rings. The monoisotopic (exact) mass is 402 g/mol. The zero-order valence-electron chi connectivity index (χ0n) is 12.8. The van der Waals surface area contributed by atoms with Crippen LogP contribution in [0.25, 0.3) is 0 Å². The van der Waals surface area contributed by atoms with Crippen LogP contribution in [0, 0.1) is 17.0 Å². The first-order chi connectivity index (χ1) is 11.6. The fourth-order valence-corrected chi connectivity index (χ4v) is 4.04. The number of carbonyl (C=O) groups is 1. The van der Waals surface area contributed by atoms with E-state index in [9.17, 15) is 23.3 Å². The second-order valence-corrected chi connectivity index (χ2v) is 7.70. The third kappa shape index (κ3) is 4.09. The van der Waals surface area contributed by atoms with Gasteiger partial charge in [-0.2, -0.15) is 0 Å². The molecule has 0 radical (unpaired) electrons. The lowest BCUT2D eigenvalue weighted by Crippen LogP contribution is -2.35. The summed E-state index contributed by atoms with van der Waals surface area (Å²) in [6, 6.07) is 9.10. The van der Waals surface area contributed by atoms with Gasteiger partial charge in [-0.3, -0.25) is 19.2 Å². The number of anilines is 1. The molecule has 10 heteroatoms. The molecule has 0 unspecified atom stereocenters. The first-order valence-electron chi connectivity index (χ1n) is 6.85. The number of hydrogen-bond donors (Lipinski definition) is 0. The average Bonchev–Trinajstić information content (AvgIpc) is 2.55. The first kappa shape index (κ1) is 19.2. The third-order valence-electron chi connectivity index (χ3n) is 3.39. The molecule has 0 heterocycles. The van der Waals surface area contributed by atoms with Crippen LogP contribution < -0.4 is 4.31 Å². The zero-order chi connectivity index (χ0) is 18.8. The molecule has 2 aromatic carbocycles. The largest absolute Gasteiger partial charge is 0.279 e. The van der Waals surface area contributed by atoms with Crippen molar-refractivity contribution >= 4 is 49.8 Å². The summed E-state index contributed by atoms with van der Waals surface area (Å²) >= 11 is 11.4. The smallest absolute Gasteiger partial charge is 0.270 e. The van der Waals surface area contributed by atoms with Crippen LogP contribution in [0.15, 0.2) is 47.4 Å². The van der Waals surface area contributed by atoms with Gasteiger partial charge in [0.15, 0.2) is 0 Å². The van der Waals surface area contributed by atoms with Crippen LogP contribution >= 0.6 is 23.2 Å². The van der Waals surface area contributed by atoms with Crippen molar-refractivity contribution in [3.05, 3.63) is 63.2 Å². The number of non-ortho nitro benzene ring substituents is 1. The molecule has 0 N–H and O–H groups in total. The minimum absolute atomic E-state index is 0.160. The Kier molecular flexibility index (Phi) is 5.66. The topological polar surface area (TPSA) is 97.6 Å². The normalized spacial score (nSPS) is 11.2. The standard InChI is InChI=1S/C15H12Cl2N2O5S/c1-10-13(16)6-3-7-14(10)18(9-15(17)20)25(23,24)12-5-2-4-11(8-12)19(21)22/h2-8H,9H2,1H3. The summed E-state index contributed by atoms with van der Waals surface area (Å²) in [5.41, 5.74) is 0.199. The van der Waals surface area contributed by atoms with E-state index in [1.54, 1.807) is 13.0 Å². The lowest BCUT2D eigenvalue weighted by molar-refractivity contribution is -0.385. The SMILES string of the molecule is Cc1c(Cl)cccc1N(CC(=O)Cl)S(=O)(=O)c1cccc([N+](=O)[O-])c1. The molecule has 0 aromatic heterocycles. The van der Waals surface area contributed by atoms with Gasteiger partial charge in [0.2, 0.25) is 5.24 Å². The first-order valence-corrected chi connectivity index (χ1v) is 9.05. The van der Waals surface area contributed by atoms with E-state index in [4.69, 9.17) is 23.2 Å². The van der Waals surface area contributed by atoms with Crippen molar-refractivity contribution < 1.29 is 18.1 Å². The number of benzene rings is 2. The Morgan fingerprint density at radius 1 is 1.24 bits per heavy atom. The van der Waals surface area contributed by atoms with E-state index in [0.717, 1.165) is 10.4 Å². The lowest BCUT2D eigenvalue weighted by atomic mass is 10.2. The minimum Gasteiger partial charge on any atom is -0.279 e. The molecule has 0 amide bonds. The summed E-state index contributed by atoms with van der Waals surface area (Å²) in [5.74, 6) is 0. The highest BCUT2D eigenvalue weighted by Crippen LogP contribution is 2.31. The molecule has 0 aliphatic rings. The van der Waals surface area contributed by atoms with Gasteiger partial charge in [-0.15, -0.1) is 0 Å². The van der Waals surface area contributed by atoms with Crippen LogP contribution in [0.5, 0.6) is 0 Å². The average molecular weight is 403 g/mol. The molecular weight excluding hydrogens is 391 g/mol. The maximum Gasteiger partial charge on any atom is 0.270 e. The van der Waals surface area contributed by atoms with E-state index in [1.807, 2.05) is 0 Å². The second kappa shape index (κ2) is 7.38. The van der Waals surface area contributed by atoms with Crippen molar-refractivity contribution in [1.29, 1.82) is 0 Å². The predicted molar refractivity (Wildman–Crippen MR) is 94.7 cm³/mol. The molecular formula is C15H12Cl2N2O5S. The Bertz CT molecular complexity index is 947. The summed E-state index contributed by atoms with van der Waals surface area (Å²) in [7, 11) is -4.28. The molecule has 0 saturated carbocycles. The molecule has 0 bridgehead atoms. The minimum atomic E-state index is -4.28. The van der Waals surface area contributed by atoms with E-state index < -0.39 is 26.7 Å². The number of halogens is 2. The molecule has 2 rings (SSSR count). The number of nitro groups is 1. The van der Waals surface area contributed by atoms with E-state index in [2.05, 4.69) is 0 Å². The van der Waals surface area contributed by atoms with Crippen LogP contribution in [0.4, 0.5) is 11.4 Å². The van der Waals surface area contributed by atoms with Gasteiger partial charge in [-0.1, -0.05) is 23.7 Å². The highest BCUT2D eigenvalue weighted by Gasteiger charge is 2.29. The van der Waals surface area contributed by atoms with Crippen LogP contribution in [-0.2, 0) is 14.8 Å². The van der Waals surface area contributed by atoms with Crippen LogP contribution in [-0.4, -0.2) is 25.1 Å². The van der Waals surface area contributed by atoms with Gasteiger partial charge in [0.1, 0.15) is 6.54 Å². The Morgan fingerprint density at radius 2 is 1.88 bits per heavy atom. The van der Waals surface area contributed by atoms with Crippen molar-refractivity contribution in [2.75, 3.05) is 10.8 Å². The number of nitro benzene ring substituents is 1. The van der Waals surface area contributed by atoms with Crippen molar-refractivity contribution in [3.8, 4) is 0 Å². The number of nitrogens with zero attached hydrogens (tertiary/aromatic N) is 2. The Balaban J connectivity index is 2.64. The zero-order valence-corrected chi connectivity index (χ0v) is 15.2. The quantitative estimate of drug-likeness (QED) is 0.418.